The third-order valence-corrected chi connectivity index (χ3v) is 5.08. The van der Waals surface area contributed by atoms with Crippen LogP contribution in [-0.2, 0) is 14.3 Å². The predicted molar refractivity (Wildman–Crippen MR) is 104 cm³/mol. The van der Waals surface area contributed by atoms with Gasteiger partial charge in [0.25, 0.3) is 5.91 Å². The third-order valence-electron chi connectivity index (χ3n) is 5.08. The molecule has 1 aliphatic carbocycles. The van der Waals surface area contributed by atoms with Gasteiger partial charge in [0.2, 0.25) is 0 Å². The number of hydrogen-bond acceptors (Lipinski definition) is 6. The molecular weight excluding hydrogens is 364 g/mol. The molecule has 1 aliphatic rings. The van der Waals surface area contributed by atoms with Crippen LogP contribution in [0.25, 0.3) is 0 Å². The van der Waals surface area contributed by atoms with Gasteiger partial charge in [0.05, 0.1) is 12.0 Å². The Bertz CT molecular complexity index is 713. The van der Waals surface area contributed by atoms with E-state index in [4.69, 9.17) is 9.47 Å². The van der Waals surface area contributed by atoms with Crippen LogP contribution in [-0.4, -0.2) is 30.5 Å². The van der Waals surface area contributed by atoms with E-state index in [9.17, 15) is 19.7 Å². The maximum absolute atomic E-state index is 12.0. The third kappa shape index (κ3) is 6.51. The molecule has 0 bridgehead atoms. The molecule has 1 N–H and O–H groups in total. The number of esters is 1. The van der Waals surface area contributed by atoms with Crippen molar-refractivity contribution in [3.63, 3.8) is 0 Å². The summed E-state index contributed by atoms with van der Waals surface area (Å²) in [5.74, 6) is -0.126. The van der Waals surface area contributed by atoms with Crippen LogP contribution in [0.1, 0.15) is 56.9 Å². The maximum atomic E-state index is 12.0. The van der Waals surface area contributed by atoms with Gasteiger partial charge in [0.1, 0.15) is 0 Å². The standard InChI is InChI=1S/C20H28N2O6/c1-14-11-17(22(25)26)18(27-2)12-16(14)21-19(23)13-28-20(24)10-6-9-15-7-4-3-5-8-15/h11-12,15H,3-10,13H2,1-2H3,(H,21,23). The SMILES string of the molecule is COc1cc(NC(=O)COC(=O)CCCC2CCCCC2)c(C)cc1[N+](=O)[O-]. The van der Waals surface area contributed by atoms with Crippen molar-refractivity contribution in [1.29, 1.82) is 0 Å². The predicted octanol–water partition coefficient (Wildman–Crippen LogP) is 4.14. The highest BCUT2D eigenvalue weighted by atomic mass is 16.6. The molecular formula is C20H28N2O6. The van der Waals surface area contributed by atoms with Crippen LogP contribution >= 0.6 is 0 Å². The van der Waals surface area contributed by atoms with Gasteiger partial charge in [-0.25, -0.2) is 0 Å². The summed E-state index contributed by atoms with van der Waals surface area (Å²) in [6.45, 7) is 1.25. The Balaban J connectivity index is 1.77. The lowest BCUT2D eigenvalue weighted by atomic mass is 9.86. The van der Waals surface area contributed by atoms with Crippen molar-refractivity contribution in [3.05, 3.63) is 27.8 Å². The van der Waals surface area contributed by atoms with Crippen LogP contribution in [0.4, 0.5) is 11.4 Å². The van der Waals surface area contributed by atoms with Crippen molar-refractivity contribution < 1.29 is 24.0 Å². The molecule has 8 heteroatoms. The number of ether oxygens (including phenoxy) is 2. The zero-order chi connectivity index (χ0) is 20.5. The van der Waals surface area contributed by atoms with E-state index in [0.29, 0.717) is 23.6 Å². The number of rotatable bonds is 9. The first-order valence-corrected chi connectivity index (χ1v) is 9.69. The van der Waals surface area contributed by atoms with E-state index in [1.165, 1.54) is 51.3 Å². The molecule has 0 radical (unpaired) electrons. The van der Waals surface area contributed by atoms with Gasteiger partial charge < -0.3 is 14.8 Å². The topological polar surface area (TPSA) is 108 Å². The molecule has 154 valence electrons. The summed E-state index contributed by atoms with van der Waals surface area (Å²) in [4.78, 5) is 34.3. The number of nitro groups is 1. The highest BCUT2D eigenvalue weighted by Crippen LogP contribution is 2.32. The highest BCUT2D eigenvalue weighted by Gasteiger charge is 2.19. The van der Waals surface area contributed by atoms with E-state index in [0.717, 1.165) is 12.8 Å². The van der Waals surface area contributed by atoms with Gasteiger partial charge in [-0.15, -0.1) is 0 Å². The lowest BCUT2D eigenvalue weighted by Crippen LogP contribution is -2.21. The van der Waals surface area contributed by atoms with Crippen LogP contribution in [0.3, 0.4) is 0 Å². The summed E-state index contributed by atoms with van der Waals surface area (Å²) in [5, 5.41) is 13.6. The second kappa shape index (κ2) is 10.6. The molecule has 0 saturated heterocycles. The minimum atomic E-state index is -0.549. The Morgan fingerprint density at radius 1 is 1.25 bits per heavy atom. The monoisotopic (exact) mass is 392 g/mol. The van der Waals surface area contributed by atoms with Crippen LogP contribution < -0.4 is 10.1 Å². The van der Waals surface area contributed by atoms with Gasteiger partial charge >= 0.3 is 11.7 Å². The Hall–Kier alpha value is -2.64. The van der Waals surface area contributed by atoms with Crippen molar-refractivity contribution in [2.45, 2.75) is 58.3 Å². The molecule has 0 unspecified atom stereocenters. The summed E-state index contributed by atoms with van der Waals surface area (Å²) in [6.07, 6.45) is 8.49. The van der Waals surface area contributed by atoms with Gasteiger partial charge in [-0.2, -0.15) is 0 Å². The minimum Gasteiger partial charge on any atom is -0.490 e. The molecule has 1 amide bonds. The molecule has 2 rings (SSSR count). The lowest BCUT2D eigenvalue weighted by molar-refractivity contribution is -0.385. The molecule has 1 saturated carbocycles. The van der Waals surface area contributed by atoms with Gasteiger partial charge in [-0.3, -0.25) is 19.7 Å². The zero-order valence-corrected chi connectivity index (χ0v) is 16.5. The fourth-order valence-corrected chi connectivity index (χ4v) is 3.53. The average molecular weight is 392 g/mol. The first-order chi connectivity index (χ1) is 13.4. The minimum absolute atomic E-state index is 0.0469. The molecule has 1 aromatic carbocycles. The summed E-state index contributed by atoms with van der Waals surface area (Å²) >= 11 is 0. The normalized spacial score (nSPS) is 14.4. The Labute approximate surface area is 164 Å². The zero-order valence-electron chi connectivity index (χ0n) is 16.5. The van der Waals surface area contributed by atoms with E-state index < -0.39 is 10.8 Å². The van der Waals surface area contributed by atoms with Crippen molar-refractivity contribution in [2.75, 3.05) is 19.0 Å². The number of benzene rings is 1. The van der Waals surface area contributed by atoms with E-state index >= 15 is 0 Å². The molecule has 1 aromatic rings. The van der Waals surface area contributed by atoms with Crippen LogP contribution in [0.5, 0.6) is 5.75 Å². The number of nitrogens with one attached hydrogen (secondary N) is 1. The van der Waals surface area contributed by atoms with Gasteiger partial charge in [0, 0.05) is 24.2 Å². The molecule has 0 spiro atoms. The Morgan fingerprint density at radius 2 is 1.96 bits per heavy atom. The van der Waals surface area contributed by atoms with E-state index in [1.807, 2.05) is 0 Å². The van der Waals surface area contributed by atoms with Crippen molar-refractivity contribution in [1.82, 2.24) is 0 Å². The number of nitro benzene ring substituents is 1. The fraction of sp³-hybridized carbons (Fsp3) is 0.600. The molecule has 1 fully saturated rings. The molecule has 28 heavy (non-hydrogen) atoms. The van der Waals surface area contributed by atoms with Gasteiger partial charge in [-0.05, 0) is 31.2 Å². The number of methoxy groups -OCH3 is 1. The van der Waals surface area contributed by atoms with Gasteiger partial charge in [0.15, 0.2) is 12.4 Å². The molecule has 0 aliphatic heterocycles. The molecule has 0 atom stereocenters. The Morgan fingerprint density at radius 3 is 2.61 bits per heavy atom. The summed E-state index contributed by atoms with van der Waals surface area (Å²) in [5.41, 5.74) is 0.711. The van der Waals surface area contributed by atoms with Crippen molar-refractivity contribution >= 4 is 23.3 Å². The average Bonchev–Trinajstić information content (AvgIpc) is 2.68. The van der Waals surface area contributed by atoms with E-state index in [2.05, 4.69) is 5.32 Å². The maximum Gasteiger partial charge on any atom is 0.311 e. The quantitative estimate of drug-likeness (QED) is 0.384. The smallest absolute Gasteiger partial charge is 0.311 e. The number of nitrogens with zero attached hydrogens (tertiary/aromatic N) is 1. The molecule has 0 aromatic heterocycles. The summed E-state index contributed by atoms with van der Waals surface area (Å²) in [7, 11) is 1.32. The Kier molecular flexibility index (Phi) is 8.22. The molecule has 0 heterocycles. The number of carbonyl (C=O) groups excluding carboxylic acids is 2. The number of aryl methyl sites for hydroxylation is 1. The van der Waals surface area contributed by atoms with Crippen LogP contribution in [0, 0.1) is 23.0 Å². The van der Waals surface area contributed by atoms with E-state index in [-0.39, 0.29) is 24.0 Å². The van der Waals surface area contributed by atoms with Crippen molar-refractivity contribution in [3.8, 4) is 5.75 Å². The summed E-state index contributed by atoms with van der Waals surface area (Å²) < 4.78 is 10.0. The van der Waals surface area contributed by atoms with Crippen LogP contribution in [0.15, 0.2) is 12.1 Å². The lowest BCUT2D eigenvalue weighted by Gasteiger charge is -2.20. The van der Waals surface area contributed by atoms with Gasteiger partial charge in [-0.1, -0.05) is 32.1 Å². The first kappa shape index (κ1) is 21.7. The number of anilines is 1. The number of amides is 1. The second-order valence-electron chi connectivity index (χ2n) is 7.20. The second-order valence-corrected chi connectivity index (χ2v) is 7.20. The fourth-order valence-electron chi connectivity index (χ4n) is 3.53. The van der Waals surface area contributed by atoms with Crippen molar-refractivity contribution in [2.24, 2.45) is 5.92 Å². The van der Waals surface area contributed by atoms with Crippen LogP contribution in [0.2, 0.25) is 0 Å². The number of carbonyl (C=O) groups is 2. The van der Waals surface area contributed by atoms with E-state index in [1.54, 1.807) is 6.92 Å². The highest BCUT2D eigenvalue weighted by molar-refractivity contribution is 5.94. The summed E-state index contributed by atoms with van der Waals surface area (Å²) in [6, 6.07) is 2.71. The molecule has 8 nitrogen and oxygen atoms in total. The largest absolute Gasteiger partial charge is 0.490 e. The number of hydrogen-bond donors (Lipinski definition) is 1. The first-order valence-electron chi connectivity index (χ1n) is 9.69.